The number of nitrogens with one attached hydrogen (secondary N) is 2. The van der Waals surface area contributed by atoms with Gasteiger partial charge < -0.3 is 15.0 Å². The minimum atomic E-state index is -0.362. The van der Waals surface area contributed by atoms with E-state index in [2.05, 4.69) is 10.3 Å². The Morgan fingerprint density at radius 3 is 2.72 bits per heavy atom. The Hall–Kier alpha value is -2.50. The van der Waals surface area contributed by atoms with E-state index in [0.717, 1.165) is 10.9 Å². The van der Waals surface area contributed by atoms with Crippen LogP contribution in [0.5, 0.6) is 5.75 Å². The molecule has 1 heterocycles. The molecule has 25 heavy (non-hydrogen) atoms. The first-order chi connectivity index (χ1) is 12.0. The maximum atomic E-state index is 12.0. The summed E-state index contributed by atoms with van der Waals surface area (Å²) in [6.07, 6.45) is 0. The average molecular weight is 377 g/mol. The van der Waals surface area contributed by atoms with Gasteiger partial charge in [0.2, 0.25) is 0 Å². The van der Waals surface area contributed by atoms with Gasteiger partial charge in [0.1, 0.15) is 5.75 Å². The Kier molecular flexibility index (Phi) is 5.26. The predicted octanol–water partition coefficient (Wildman–Crippen LogP) is 3.53. The van der Waals surface area contributed by atoms with Crippen LogP contribution in [0, 0.1) is 0 Å². The Morgan fingerprint density at radius 2 is 1.92 bits per heavy atom. The molecule has 0 unspecified atom stereocenters. The molecule has 3 rings (SSSR count). The van der Waals surface area contributed by atoms with Crippen LogP contribution in [0.15, 0.2) is 53.3 Å². The highest BCUT2D eigenvalue weighted by Gasteiger charge is 2.08. The van der Waals surface area contributed by atoms with Crippen LogP contribution in [0.2, 0.25) is 10.0 Å². The van der Waals surface area contributed by atoms with Crippen LogP contribution in [-0.4, -0.2) is 17.5 Å². The van der Waals surface area contributed by atoms with E-state index < -0.39 is 0 Å². The lowest BCUT2D eigenvalue weighted by Gasteiger charge is -2.09. The number of rotatable bonds is 5. The lowest BCUT2D eigenvalue weighted by molar-refractivity contribution is -0.123. The smallest absolute Gasteiger partial charge is 0.258 e. The number of benzene rings is 2. The SMILES string of the molecule is O=C(COc1ccc(Cl)cc1Cl)NCc1cc2ccccc2[nH]c1=O. The lowest BCUT2D eigenvalue weighted by atomic mass is 10.1. The third-order valence-electron chi connectivity index (χ3n) is 3.56. The van der Waals surface area contributed by atoms with E-state index in [1.807, 2.05) is 24.3 Å². The summed E-state index contributed by atoms with van der Waals surface area (Å²) >= 11 is 11.8. The molecule has 0 radical (unpaired) electrons. The number of para-hydroxylation sites is 1. The summed E-state index contributed by atoms with van der Waals surface area (Å²) in [7, 11) is 0. The van der Waals surface area contributed by atoms with Crippen LogP contribution in [-0.2, 0) is 11.3 Å². The molecule has 0 saturated heterocycles. The van der Waals surface area contributed by atoms with Gasteiger partial charge in [0.25, 0.3) is 11.5 Å². The summed E-state index contributed by atoms with van der Waals surface area (Å²) in [6, 6.07) is 13.9. The highest BCUT2D eigenvalue weighted by molar-refractivity contribution is 6.35. The minimum absolute atomic E-state index is 0.108. The summed E-state index contributed by atoms with van der Waals surface area (Å²) in [6.45, 7) is -0.108. The number of hydrogen-bond acceptors (Lipinski definition) is 3. The fraction of sp³-hybridized carbons (Fsp3) is 0.111. The van der Waals surface area contributed by atoms with Gasteiger partial charge in [-0.2, -0.15) is 0 Å². The first kappa shape index (κ1) is 17.3. The number of carbonyl (C=O) groups excluding carboxylic acids is 1. The van der Waals surface area contributed by atoms with E-state index in [1.54, 1.807) is 18.2 Å². The summed E-state index contributed by atoms with van der Waals surface area (Å²) in [4.78, 5) is 26.7. The fourth-order valence-corrected chi connectivity index (χ4v) is 2.77. The maximum Gasteiger partial charge on any atom is 0.258 e. The highest BCUT2D eigenvalue weighted by Crippen LogP contribution is 2.27. The van der Waals surface area contributed by atoms with Gasteiger partial charge in [-0.25, -0.2) is 0 Å². The van der Waals surface area contributed by atoms with Gasteiger partial charge in [-0.15, -0.1) is 0 Å². The van der Waals surface area contributed by atoms with Crippen LogP contribution < -0.4 is 15.6 Å². The van der Waals surface area contributed by atoms with Gasteiger partial charge in [-0.1, -0.05) is 41.4 Å². The van der Waals surface area contributed by atoms with Crippen molar-refractivity contribution in [2.45, 2.75) is 6.54 Å². The Bertz CT molecular complexity index is 985. The molecule has 0 atom stereocenters. The van der Waals surface area contributed by atoms with Gasteiger partial charge in [0.05, 0.1) is 5.02 Å². The second kappa shape index (κ2) is 7.59. The van der Waals surface area contributed by atoms with E-state index in [-0.39, 0.29) is 24.6 Å². The van der Waals surface area contributed by atoms with Crippen molar-refractivity contribution in [3.8, 4) is 5.75 Å². The molecule has 0 aliphatic heterocycles. The Balaban J connectivity index is 1.60. The number of pyridine rings is 1. The largest absolute Gasteiger partial charge is 0.482 e. The van der Waals surface area contributed by atoms with Crippen molar-refractivity contribution < 1.29 is 9.53 Å². The number of H-pyrrole nitrogens is 1. The molecule has 5 nitrogen and oxygen atoms in total. The zero-order chi connectivity index (χ0) is 17.8. The van der Waals surface area contributed by atoms with E-state index >= 15 is 0 Å². The van der Waals surface area contributed by atoms with Crippen LogP contribution in [0.25, 0.3) is 10.9 Å². The molecule has 2 aromatic carbocycles. The summed E-state index contributed by atoms with van der Waals surface area (Å²) in [5.74, 6) is 0.00310. The van der Waals surface area contributed by atoms with Crippen LogP contribution in [0.4, 0.5) is 0 Å². The molecule has 0 saturated carbocycles. The van der Waals surface area contributed by atoms with Gasteiger partial charge >= 0.3 is 0 Å². The zero-order valence-electron chi connectivity index (χ0n) is 13.0. The number of halogens is 2. The van der Waals surface area contributed by atoms with Crippen LogP contribution in [0.3, 0.4) is 0 Å². The van der Waals surface area contributed by atoms with Crippen molar-refractivity contribution in [3.05, 3.63) is 74.5 Å². The van der Waals surface area contributed by atoms with Gasteiger partial charge in [-0.3, -0.25) is 9.59 Å². The molecule has 0 bridgehead atoms. The summed E-state index contributed by atoms with van der Waals surface area (Å²) in [5, 5.41) is 4.36. The monoisotopic (exact) mass is 376 g/mol. The first-order valence-corrected chi connectivity index (χ1v) is 8.24. The number of fused-ring (bicyclic) bond motifs is 1. The normalized spacial score (nSPS) is 10.6. The zero-order valence-corrected chi connectivity index (χ0v) is 14.5. The van der Waals surface area contributed by atoms with Gasteiger partial charge in [-0.05, 0) is 35.7 Å². The van der Waals surface area contributed by atoms with Gasteiger partial charge in [0.15, 0.2) is 6.61 Å². The quantitative estimate of drug-likeness (QED) is 0.715. The lowest BCUT2D eigenvalue weighted by Crippen LogP contribution is -2.30. The fourth-order valence-electron chi connectivity index (χ4n) is 2.30. The first-order valence-electron chi connectivity index (χ1n) is 7.48. The van der Waals surface area contributed by atoms with Crippen LogP contribution in [0.1, 0.15) is 5.56 Å². The van der Waals surface area contributed by atoms with Crippen molar-refractivity contribution in [2.24, 2.45) is 0 Å². The van der Waals surface area contributed by atoms with Crippen molar-refractivity contribution in [3.63, 3.8) is 0 Å². The molecule has 1 aromatic heterocycles. The van der Waals surface area contributed by atoms with Crippen molar-refractivity contribution in [1.29, 1.82) is 0 Å². The Morgan fingerprint density at radius 1 is 1.12 bits per heavy atom. The number of aromatic nitrogens is 1. The second-order valence-corrected chi connectivity index (χ2v) is 6.19. The van der Waals surface area contributed by atoms with E-state index in [0.29, 0.717) is 21.4 Å². The molecule has 1 amide bonds. The van der Waals surface area contributed by atoms with E-state index in [1.165, 1.54) is 6.07 Å². The van der Waals surface area contributed by atoms with Gasteiger partial charge in [0, 0.05) is 22.6 Å². The van der Waals surface area contributed by atoms with Crippen molar-refractivity contribution >= 4 is 40.0 Å². The molecule has 7 heteroatoms. The average Bonchev–Trinajstić information content (AvgIpc) is 2.59. The highest BCUT2D eigenvalue weighted by atomic mass is 35.5. The number of carbonyl (C=O) groups is 1. The predicted molar refractivity (Wildman–Crippen MR) is 98.4 cm³/mol. The van der Waals surface area contributed by atoms with E-state index in [4.69, 9.17) is 27.9 Å². The topological polar surface area (TPSA) is 71.2 Å². The number of amides is 1. The molecule has 0 spiro atoms. The molecular weight excluding hydrogens is 363 g/mol. The second-order valence-electron chi connectivity index (χ2n) is 5.35. The van der Waals surface area contributed by atoms with Crippen LogP contribution >= 0.6 is 23.2 Å². The molecule has 3 aromatic rings. The van der Waals surface area contributed by atoms with Crippen molar-refractivity contribution in [1.82, 2.24) is 10.3 Å². The maximum absolute atomic E-state index is 12.0. The molecule has 0 aliphatic rings. The van der Waals surface area contributed by atoms with E-state index in [9.17, 15) is 9.59 Å². The summed E-state index contributed by atoms with van der Waals surface area (Å²) < 4.78 is 5.35. The number of aromatic amines is 1. The number of ether oxygens (including phenoxy) is 1. The third kappa shape index (κ3) is 4.32. The van der Waals surface area contributed by atoms with Crippen molar-refractivity contribution in [2.75, 3.05) is 6.61 Å². The molecule has 0 aliphatic carbocycles. The molecule has 2 N–H and O–H groups in total. The molecule has 128 valence electrons. The standard InChI is InChI=1S/C18H14Cl2N2O3/c19-13-5-6-16(14(20)8-13)25-10-17(23)21-9-12-7-11-3-1-2-4-15(11)22-18(12)24/h1-8H,9-10H2,(H,21,23)(H,22,24). The molecule has 0 fully saturated rings. The third-order valence-corrected chi connectivity index (χ3v) is 4.09. The Labute approximate surface area is 153 Å². The summed E-state index contributed by atoms with van der Waals surface area (Å²) in [5.41, 5.74) is 0.987. The number of hydrogen-bond donors (Lipinski definition) is 2. The molecular formula is C18H14Cl2N2O3. The minimum Gasteiger partial charge on any atom is -0.482 e.